The van der Waals surface area contributed by atoms with Gasteiger partial charge < -0.3 is 25.1 Å². The normalized spacial score (nSPS) is 14.1. The molecule has 1 aliphatic heterocycles. The minimum Gasteiger partial charge on any atom is -0.497 e. The van der Waals surface area contributed by atoms with Crippen molar-refractivity contribution in [3.05, 3.63) is 119 Å². The molecule has 0 radical (unpaired) electrons. The zero-order chi connectivity index (χ0) is 26.2. The van der Waals surface area contributed by atoms with Crippen LogP contribution < -0.4 is 20.1 Å². The second-order valence-electron chi connectivity index (χ2n) is 9.24. The van der Waals surface area contributed by atoms with Crippen LogP contribution in [0.25, 0.3) is 22.0 Å². The molecule has 0 saturated carbocycles. The van der Waals surface area contributed by atoms with Gasteiger partial charge in [0, 0.05) is 45.1 Å². The highest BCUT2D eigenvalue weighted by atomic mass is 16.5. The van der Waals surface area contributed by atoms with Crippen LogP contribution in [0.2, 0.25) is 0 Å². The molecule has 5 aromatic rings. The fourth-order valence-corrected chi connectivity index (χ4v) is 5.17. The standard InChI is InChI=1S/C32H27N3O3/c1-37-22-15-20(16-23(18-22)38-2)19-35-29-14-8-5-11-25(29)31(32(35)36)30(24-10-4-6-12-26(24)33)28-17-21-9-3-7-13-27(21)34-28/h3-18,34H,19,33H2,1-2H3/b31-30-. The number of rotatable bonds is 6. The van der Waals surface area contributed by atoms with Crippen LogP contribution in [0.15, 0.2) is 97.1 Å². The molecule has 188 valence electrons. The van der Waals surface area contributed by atoms with E-state index in [2.05, 4.69) is 17.1 Å². The maximum Gasteiger partial charge on any atom is 0.260 e. The second-order valence-corrected chi connectivity index (χ2v) is 9.24. The molecule has 1 aliphatic rings. The van der Waals surface area contributed by atoms with Crippen LogP contribution >= 0.6 is 0 Å². The summed E-state index contributed by atoms with van der Waals surface area (Å²) in [6, 6.07) is 31.4. The Balaban J connectivity index is 1.57. The summed E-state index contributed by atoms with van der Waals surface area (Å²) < 4.78 is 10.9. The first-order valence-corrected chi connectivity index (χ1v) is 12.4. The molecule has 6 heteroatoms. The summed E-state index contributed by atoms with van der Waals surface area (Å²) in [7, 11) is 3.24. The number of anilines is 2. The minimum atomic E-state index is -0.0927. The SMILES string of the molecule is COc1cc(CN2C(=O)/C(=C(\c3cc4ccccc4[nH]3)c3ccccc3N)c3ccccc32)cc(OC)c1. The molecule has 0 bridgehead atoms. The quantitative estimate of drug-likeness (QED) is 0.212. The third-order valence-corrected chi connectivity index (χ3v) is 6.95. The van der Waals surface area contributed by atoms with Crippen molar-refractivity contribution >= 4 is 39.3 Å². The lowest BCUT2D eigenvalue weighted by Gasteiger charge is -2.19. The van der Waals surface area contributed by atoms with Gasteiger partial charge in [-0.05, 0) is 42.0 Å². The van der Waals surface area contributed by atoms with E-state index < -0.39 is 0 Å². The number of ether oxygens (including phenoxy) is 2. The summed E-state index contributed by atoms with van der Waals surface area (Å²) in [6.45, 7) is 0.358. The number of fused-ring (bicyclic) bond motifs is 2. The molecule has 0 aliphatic carbocycles. The lowest BCUT2D eigenvalue weighted by atomic mass is 9.92. The van der Waals surface area contributed by atoms with E-state index in [0.29, 0.717) is 29.3 Å². The van der Waals surface area contributed by atoms with Crippen LogP contribution in [-0.4, -0.2) is 25.1 Å². The number of nitrogen functional groups attached to an aromatic ring is 1. The molecule has 3 N–H and O–H groups in total. The van der Waals surface area contributed by atoms with Crippen LogP contribution in [0, 0.1) is 0 Å². The smallest absolute Gasteiger partial charge is 0.260 e. The number of carbonyl (C=O) groups is 1. The van der Waals surface area contributed by atoms with E-state index in [1.54, 1.807) is 19.1 Å². The third kappa shape index (κ3) is 3.96. The Bertz CT molecular complexity index is 1660. The minimum absolute atomic E-state index is 0.0927. The van der Waals surface area contributed by atoms with Gasteiger partial charge in [0.2, 0.25) is 0 Å². The number of nitrogens with one attached hydrogen (secondary N) is 1. The van der Waals surface area contributed by atoms with Gasteiger partial charge in [0.1, 0.15) is 11.5 Å². The molecule has 2 heterocycles. The first kappa shape index (κ1) is 23.4. The van der Waals surface area contributed by atoms with E-state index in [4.69, 9.17) is 15.2 Å². The zero-order valence-corrected chi connectivity index (χ0v) is 21.2. The van der Waals surface area contributed by atoms with E-state index in [1.807, 2.05) is 84.9 Å². The van der Waals surface area contributed by atoms with Gasteiger partial charge in [0.05, 0.1) is 32.0 Å². The molecule has 6 rings (SSSR count). The number of methoxy groups -OCH3 is 2. The number of para-hydroxylation sites is 3. The Morgan fingerprint density at radius 3 is 2.26 bits per heavy atom. The van der Waals surface area contributed by atoms with Crippen LogP contribution in [-0.2, 0) is 11.3 Å². The number of nitrogens with two attached hydrogens (primary N) is 1. The van der Waals surface area contributed by atoms with Crippen molar-refractivity contribution in [2.24, 2.45) is 0 Å². The Morgan fingerprint density at radius 2 is 1.53 bits per heavy atom. The average Bonchev–Trinajstić information content (AvgIpc) is 3.49. The molecule has 0 saturated heterocycles. The molecular weight excluding hydrogens is 474 g/mol. The third-order valence-electron chi connectivity index (χ3n) is 6.95. The fraction of sp³-hybridized carbons (Fsp3) is 0.0938. The average molecular weight is 502 g/mol. The lowest BCUT2D eigenvalue weighted by molar-refractivity contribution is -0.113. The maximum absolute atomic E-state index is 14.3. The number of nitrogens with zero attached hydrogens (tertiary/aromatic N) is 1. The maximum atomic E-state index is 14.3. The van der Waals surface area contributed by atoms with Gasteiger partial charge in [-0.15, -0.1) is 0 Å². The molecule has 0 spiro atoms. The summed E-state index contributed by atoms with van der Waals surface area (Å²) in [5.74, 6) is 1.25. The van der Waals surface area contributed by atoms with Crippen molar-refractivity contribution in [3.8, 4) is 11.5 Å². The molecule has 4 aromatic carbocycles. The van der Waals surface area contributed by atoms with Gasteiger partial charge in [-0.1, -0.05) is 54.6 Å². The zero-order valence-electron chi connectivity index (χ0n) is 21.2. The highest BCUT2D eigenvalue weighted by Gasteiger charge is 2.36. The predicted molar refractivity (Wildman–Crippen MR) is 152 cm³/mol. The number of carbonyl (C=O) groups excluding carboxylic acids is 1. The number of hydrogen-bond acceptors (Lipinski definition) is 4. The number of aromatic amines is 1. The van der Waals surface area contributed by atoms with Gasteiger partial charge in [-0.3, -0.25) is 4.79 Å². The van der Waals surface area contributed by atoms with Crippen LogP contribution in [0.4, 0.5) is 11.4 Å². The van der Waals surface area contributed by atoms with Crippen molar-refractivity contribution in [1.82, 2.24) is 4.98 Å². The molecule has 38 heavy (non-hydrogen) atoms. The summed E-state index contributed by atoms with van der Waals surface area (Å²) in [5, 5.41) is 1.06. The van der Waals surface area contributed by atoms with E-state index in [9.17, 15) is 4.79 Å². The summed E-state index contributed by atoms with van der Waals surface area (Å²) in [4.78, 5) is 19.7. The molecule has 0 fully saturated rings. The van der Waals surface area contributed by atoms with E-state index in [1.165, 1.54) is 0 Å². The topological polar surface area (TPSA) is 80.6 Å². The molecule has 0 atom stereocenters. The molecule has 0 unspecified atom stereocenters. The second kappa shape index (κ2) is 9.48. The van der Waals surface area contributed by atoms with Crippen molar-refractivity contribution in [3.63, 3.8) is 0 Å². The summed E-state index contributed by atoms with van der Waals surface area (Å²) in [5.41, 5.74) is 13.8. The van der Waals surface area contributed by atoms with E-state index in [-0.39, 0.29) is 5.91 Å². The van der Waals surface area contributed by atoms with Crippen LogP contribution in [0.1, 0.15) is 22.4 Å². The van der Waals surface area contributed by atoms with Crippen molar-refractivity contribution in [1.29, 1.82) is 0 Å². The Labute approximate surface area is 220 Å². The predicted octanol–water partition coefficient (Wildman–Crippen LogP) is 6.27. The number of H-pyrrole nitrogens is 1. The van der Waals surface area contributed by atoms with Crippen molar-refractivity contribution < 1.29 is 14.3 Å². The molecule has 6 nitrogen and oxygen atoms in total. The van der Waals surface area contributed by atoms with Crippen molar-refractivity contribution in [2.45, 2.75) is 6.54 Å². The molecular formula is C32H27N3O3. The number of aromatic nitrogens is 1. The van der Waals surface area contributed by atoms with Crippen LogP contribution in [0.5, 0.6) is 11.5 Å². The largest absolute Gasteiger partial charge is 0.497 e. The fourth-order valence-electron chi connectivity index (χ4n) is 5.17. The van der Waals surface area contributed by atoms with E-state index in [0.717, 1.165) is 44.5 Å². The van der Waals surface area contributed by atoms with Crippen LogP contribution in [0.3, 0.4) is 0 Å². The number of benzene rings is 4. The van der Waals surface area contributed by atoms with E-state index >= 15 is 0 Å². The monoisotopic (exact) mass is 501 g/mol. The summed E-state index contributed by atoms with van der Waals surface area (Å²) in [6.07, 6.45) is 0. The van der Waals surface area contributed by atoms with Crippen molar-refractivity contribution in [2.75, 3.05) is 24.9 Å². The van der Waals surface area contributed by atoms with Gasteiger partial charge in [0.15, 0.2) is 0 Å². The number of hydrogen-bond donors (Lipinski definition) is 2. The first-order valence-electron chi connectivity index (χ1n) is 12.4. The molecule has 1 amide bonds. The molecule has 1 aromatic heterocycles. The highest BCUT2D eigenvalue weighted by Crippen LogP contribution is 2.45. The first-order chi connectivity index (χ1) is 18.6. The lowest BCUT2D eigenvalue weighted by Crippen LogP contribution is -2.26. The summed E-state index contributed by atoms with van der Waals surface area (Å²) >= 11 is 0. The van der Waals surface area contributed by atoms with Gasteiger partial charge >= 0.3 is 0 Å². The van der Waals surface area contributed by atoms with Gasteiger partial charge in [-0.2, -0.15) is 0 Å². The number of amides is 1. The Hall–Kier alpha value is -4.97. The highest BCUT2D eigenvalue weighted by molar-refractivity contribution is 6.39. The van der Waals surface area contributed by atoms with Gasteiger partial charge in [0.25, 0.3) is 5.91 Å². The van der Waals surface area contributed by atoms with Gasteiger partial charge in [-0.25, -0.2) is 0 Å². The Kier molecular flexibility index (Phi) is 5.85. The Morgan fingerprint density at radius 1 is 0.842 bits per heavy atom.